The molecule has 1 aromatic carbocycles. The van der Waals surface area contributed by atoms with Gasteiger partial charge in [-0.15, -0.1) is 11.3 Å². The predicted octanol–water partition coefficient (Wildman–Crippen LogP) is 2.92. The highest BCUT2D eigenvalue weighted by atomic mass is 32.2. The molecule has 0 saturated heterocycles. The van der Waals surface area contributed by atoms with Crippen molar-refractivity contribution in [1.29, 1.82) is 0 Å². The lowest BCUT2D eigenvalue weighted by Crippen LogP contribution is -2.29. The summed E-state index contributed by atoms with van der Waals surface area (Å²) in [7, 11) is 1.59. The number of fused-ring (bicyclic) bond motifs is 1. The van der Waals surface area contributed by atoms with Crippen LogP contribution in [0.4, 0.5) is 0 Å². The number of hydrogen-bond acceptors (Lipinski definition) is 6. The Kier molecular flexibility index (Phi) is 6.30. The molecule has 0 atom stereocenters. The highest BCUT2D eigenvalue weighted by molar-refractivity contribution is 7.99. The summed E-state index contributed by atoms with van der Waals surface area (Å²) in [6.45, 7) is 4.90. The van der Waals surface area contributed by atoms with E-state index in [1.807, 2.05) is 43.5 Å². The number of thioether (sulfide) groups is 1. The number of aromatic nitrogens is 2. The molecule has 0 aliphatic carbocycles. The molecule has 1 amide bonds. The van der Waals surface area contributed by atoms with Gasteiger partial charge in [0.05, 0.1) is 23.6 Å². The van der Waals surface area contributed by atoms with Gasteiger partial charge in [0.2, 0.25) is 5.91 Å². The Labute approximate surface area is 165 Å². The quantitative estimate of drug-likeness (QED) is 0.373. The molecule has 8 heteroatoms. The standard InChI is InChI=1S/C19H21N3O3S2/c1-12-4-5-15(13(2)10-12)22-18(24)17-14(6-9-26-17)21-19(22)27-11-16(23)20-7-8-25-3/h4-6,9-10H,7-8,11H2,1-3H3,(H,20,23). The van der Waals surface area contributed by atoms with Crippen molar-refractivity contribution in [3.63, 3.8) is 0 Å². The Hall–Kier alpha value is -2.16. The predicted molar refractivity (Wildman–Crippen MR) is 110 cm³/mol. The number of nitrogens with one attached hydrogen (secondary N) is 1. The van der Waals surface area contributed by atoms with E-state index in [1.165, 1.54) is 23.1 Å². The first-order chi connectivity index (χ1) is 13.0. The van der Waals surface area contributed by atoms with Crippen LogP contribution in [0.15, 0.2) is 39.6 Å². The van der Waals surface area contributed by atoms with E-state index in [1.54, 1.807) is 11.7 Å². The maximum atomic E-state index is 13.1. The molecule has 0 aliphatic rings. The van der Waals surface area contributed by atoms with Crippen LogP contribution in [0.2, 0.25) is 0 Å². The largest absolute Gasteiger partial charge is 0.383 e. The van der Waals surface area contributed by atoms with E-state index in [0.717, 1.165) is 16.8 Å². The molecule has 0 spiro atoms. The lowest BCUT2D eigenvalue weighted by atomic mass is 10.1. The van der Waals surface area contributed by atoms with E-state index in [2.05, 4.69) is 10.3 Å². The van der Waals surface area contributed by atoms with Crippen molar-refractivity contribution in [2.45, 2.75) is 19.0 Å². The first-order valence-corrected chi connectivity index (χ1v) is 10.3. The van der Waals surface area contributed by atoms with Crippen LogP contribution >= 0.6 is 23.1 Å². The van der Waals surface area contributed by atoms with E-state index in [0.29, 0.717) is 28.5 Å². The maximum Gasteiger partial charge on any atom is 0.276 e. The summed E-state index contributed by atoms with van der Waals surface area (Å²) in [4.78, 5) is 29.8. The Morgan fingerprint density at radius 2 is 2.15 bits per heavy atom. The molecule has 0 radical (unpaired) electrons. The summed E-state index contributed by atoms with van der Waals surface area (Å²) in [5.74, 6) is 0.0559. The minimum atomic E-state index is -0.121. The van der Waals surface area contributed by atoms with Crippen molar-refractivity contribution in [2.75, 3.05) is 26.0 Å². The molecule has 0 aliphatic heterocycles. The number of nitrogens with zero attached hydrogens (tertiary/aromatic N) is 2. The molecular weight excluding hydrogens is 382 g/mol. The number of thiophene rings is 1. The van der Waals surface area contributed by atoms with Gasteiger partial charge in [0, 0.05) is 13.7 Å². The first kappa shape index (κ1) is 19.6. The fourth-order valence-electron chi connectivity index (χ4n) is 2.73. The number of rotatable bonds is 7. The number of carbonyl (C=O) groups excluding carboxylic acids is 1. The molecule has 1 N–H and O–H groups in total. The number of benzene rings is 1. The summed E-state index contributed by atoms with van der Waals surface area (Å²) in [6, 6.07) is 7.76. The minimum Gasteiger partial charge on any atom is -0.383 e. The second-order valence-electron chi connectivity index (χ2n) is 6.09. The van der Waals surface area contributed by atoms with Gasteiger partial charge in [-0.1, -0.05) is 29.5 Å². The molecule has 2 aromatic heterocycles. The van der Waals surface area contributed by atoms with Gasteiger partial charge in [-0.2, -0.15) is 0 Å². The maximum absolute atomic E-state index is 13.1. The second kappa shape index (κ2) is 8.69. The molecule has 0 saturated carbocycles. The molecule has 0 bridgehead atoms. The van der Waals surface area contributed by atoms with Crippen molar-refractivity contribution >= 4 is 39.2 Å². The monoisotopic (exact) mass is 403 g/mol. The van der Waals surface area contributed by atoms with Crippen molar-refractivity contribution < 1.29 is 9.53 Å². The second-order valence-corrected chi connectivity index (χ2v) is 7.95. The zero-order valence-corrected chi connectivity index (χ0v) is 17.1. The summed E-state index contributed by atoms with van der Waals surface area (Å²) in [6.07, 6.45) is 0. The van der Waals surface area contributed by atoms with Gasteiger partial charge in [-0.05, 0) is 36.9 Å². The van der Waals surface area contributed by atoms with E-state index in [4.69, 9.17) is 4.74 Å². The minimum absolute atomic E-state index is 0.107. The van der Waals surface area contributed by atoms with Gasteiger partial charge in [0.25, 0.3) is 5.56 Å². The number of hydrogen-bond donors (Lipinski definition) is 1. The highest BCUT2D eigenvalue weighted by Gasteiger charge is 2.16. The Balaban J connectivity index is 1.98. The van der Waals surface area contributed by atoms with Crippen LogP contribution in [0.25, 0.3) is 15.9 Å². The van der Waals surface area contributed by atoms with Gasteiger partial charge < -0.3 is 10.1 Å². The van der Waals surface area contributed by atoms with Gasteiger partial charge in [0.15, 0.2) is 5.16 Å². The Bertz CT molecular complexity index is 1030. The SMILES string of the molecule is COCCNC(=O)CSc1nc2ccsc2c(=O)n1-c1ccc(C)cc1C. The number of ether oxygens (including phenoxy) is 1. The molecule has 6 nitrogen and oxygen atoms in total. The third-order valence-corrected chi connectivity index (χ3v) is 5.83. The number of methoxy groups -OCH3 is 1. The highest BCUT2D eigenvalue weighted by Crippen LogP contribution is 2.25. The molecule has 0 fully saturated rings. The first-order valence-electron chi connectivity index (χ1n) is 8.47. The molecule has 27 heavy (non-hydrogen) atoms. The van der Waals surface area contributed by atoms with Crippen LogP contribution in [0.5, 0.6) is 0 Å². The van der Waals surface area contributed by atoms with Crippen LogP contribution in [0.3, 0.4) is 0 Å². The van der Waals surface area contributed by atoms with Crippen molar-refractivity contribution in [1.82, 2.24) is 14.9 Å². The van der Waals surface area contributed by atoms with Gasteiger partial charge in [-0.3, -0.25) is 14.2 Å². The molecule has 2 heterocycles. The molecule has 3 rings (SSSR count). The molecule has 142 valence electrons. The number of amides is 1. The Morgan fingerprint density at radius 3 is 2.89 bits per heavy atom. The zero-order chi connectivity index (χ0) is 19.4. The van der Waals surface area contributed by atoms with Crippen LogP contribution in [-0.2, 0) is 9.53 Å². The fraction of sp³-hybridized carbons (Fsp3) is 0.316. The zero-order valence-electron chi connectivity index (χ0n) is 15.4. The van der Waals surface area contributed by atoms with Crippen LogP contribution in [-0.4, -0.2) is 41.5 Å². The third-order valence-electron chi connectivity index (χ3n) is 4.00. The van der Waals surface area contributed by atoms with Gasteiger partial charge >= 0.3 is 0 Å². The molecule has 3 aromatic rings. The Morgan fingerprint density at radius 1 is 1.33 bits per heavy atom. The average Bonchev–Trinajstić information content (AvgIpc) is 3.10. The molecular formula is C19H21N3O3S2. The lowest BCUT2D eigenvalue weighted by molar-refractivity contribution is -0.118. The van der Waals surface area contributed by atoms with E-state index in [9.17, 15) is 9.59 Å². The summed E-state index contributed by atoms with van der Waals surface area (Å²) in [5.41, 5.74) is 3.45. The van der Waals surface area contributed by atoms with Gasteiger partial charge in [-0.25, -0.2) is 4.98 Å². The summed E-state index contributed by atoms with van der Waals surface area (Å²) >= 11 is 2.64. The smallest absolute Gasteiger partial charge is 0.276 e. The van der Waals surface area contributed by atoms with Crippen LogP contribution in [0.1, 0.15) is 11.1 Å². The van der Waals surface area contributed by atoms with Crippen molar-refractivity contribution in [2.24, 2.45) is 0 Å². The average molecular weight is 404 g/mol. The van der Waals surface area contributed by atoms with Crippen LogP contribution in [0, 0.1) is 13.8 Å². The number of aryl methyl sites for hydroxylation is 2. The van der Waals surface area contributed by atoms with E-state index in [-0.39, 0.29) is 17.2 Å². The van der Waals surface area contributed by atoms with Gasteiger partial charge in [0.1, 0.15) is 4.70 Å². The van der Waals surface area contributed by atoms with Crippen molar-refractivity contribution in [3.8, 4) is 5.69 Å². The van der Waals surface area contributed by atoms with E-state index < -0.39 is 0 Å². The summed E-state index contributed by atoms with van der Waals surface area (Å²) < 4.78 is 7.16. The molecule has 0 unspecified atom stereocenters. The normalized spacial score (nSPS) is 11.1. The van der Waals surface area contributed by atoms with Crippen LogP contribution < -0.4 is 10.9 Å². The lowest BCUT2D eigenvalue weighted by Gasteiger charge is -2.14. The number of carbonyl (C=O) groups is 1. The van der Waals surface area contributed by atoms with E-state index >= 15 is 0 Å². The topological polar surface area (TPSA) is 73.2 Å². The summed E-state index contributed by atoms with van der Waals surface area (Å²) in [5, 5.41) is 5.15. The van der Waals surface area contributed by atoms with Crippen molar-refractivity contribution in [3.05, 3.63) is 51.1 Å². The third kappa shape index (κ3) is 4.40. The fourth-order valence-corrected chi connectivity index (χ4v) is 4.33.